The summed E-state index contributed by atoms with van der Waals surface area (Å²) in [6.07, 6.45) is 2.83. The third-order valence-electron chi connectivity index (χ3n) is 7.87. The second-order valence-corrected chi connectivity index (χ2v) is 12.6. The highest BCUT2D eigenvalue weighted by Gasteiger charge is 2.31. The molecule has 11 heteroatoms. The number of oxazole rings is 1. The number of Topliss-reactive ketones (excluding diaryl/α,β-unsaturated/α-hetero) is 1. The zero-order valence-electron chi connectivity index (χ0n) is 23.4. The number of ketones is 1. The van der Waals surface area contributed by atoms with Gasteiger partial charge in [0.15, 0.2) is 17.2 Å². The van der Waals surface area contributed by atoms with Crippen molar-refractivity contribution >= 4 is 49.6 Å². The molecule has 1 atom stereocenters. The number of halogens is 2. The van der Waals surface area contributed by atoms with Gasteiger partial charge in [-0.3, -0.25) is 9.10 Å². The smallest absolute Gasteiger partial charge is 0.298 e. The second kappa shape index (κ2) is 10.5. The number of hydrogen-bond acceptors (Lipinski definition) is 7. The van der Waals surface area contributed by atoms with Crippen LogP contribution in [-0.2, 0) is 10.0 Å². The van der Waals surface area contributed by atoms with Gasteiger partial charge in [0.1, 0.15) is 22.7 Å². The number of piperidine rings is 1. The molecule has 1 aliphatic rings. The maximum Gasteiger partial charge on any atom is 0.298 e. The van der Waals surface area contributed by atoms with Crippen molar-refractivity contribution in [3.8, 4) is 11.3 Å². The molecule has 5 aromatic rings. The van der Waals surface area contributed by atoms with Gasteiger partial charge < -0.3 is 13.7 Å². The molecular weight excluding hydrogens is 564 g/mol. The van der Waals surface area contributed by atoms with E-state index in [9.17, 15) is 22.0 Å². The number of hydrogen-bond donors (Lipinski definition) is 0. The molecule has 1 fully saturated rings. The molecule has 8 nitrogen and oxygen atoms in total. The molecule has 0 unspecified atom stereocenters. The number of benzene rings is 3. The molecule has 3 heterocycles. The van der Waals surface area contributed by atoms with Crippen LogP contribution in [0.1, 0.15) is 48.0 Å². The van der Waals surface area contributed by atoms with Gasteiger partial charge in [0.2, 0.25) is 10.0 Å². The van der Waals surface area contributed by atoms with Crippen molar-refractivity contribution in [2.75, 3.05) is 35.6 Å². The van der Waals surface area contributed by atoms with Gasteiger partial charge in [0, 0.05) is 49.5 Å². The van der Waals surface area contributed by atoms with Gasteiger partial charge >= 0.3 is 0 Å². The lowest BCUT2D eigenvalue weighted by Crippen LogP contribution is -2.35. The summed E-state index contributed by atoms with van der Waals surface area (Å²) < 4.78 is 66.8. The number of anilines is 2. The van der Waals surface area contributed by atoms with E-state index in [2.05, 4.69) is 4.98 Å². The van der Waals surface area contributed by atoms with Crippen LogP contribution < -0.4 is 9.21 Å². The molecule has 0 spiro atoms. The minimum Gasteiger partial charge on any atom is -0.455 e. The van der Waals surface area contributed by atoms with Crippen LogP contribution in [0, 0.1) is 11.6 Å². The molecule has 6 rings (SSSR count). The summed E-state index contributed by atoms with van der Waals surface area (Å²) in [5.74, 6) is -0.900. The summed E-state index contributed by atoms with van der Waals surface area (Å²) in [7, 11) is -2.18. The molecule has 42 heavy (non-hydrogen) atoms. The topological polar surface area (TPSA) is 96.9 Å². The highest BCUT2D eigenvalue weighted by atomic mass is 32.2. The number of carbonyl (C=O) groups is 1. The summed E-state index contributed by atoms with van der Waals surface area (Å²) in [5.41, 5.74) is 2.91. The Morgan fingerprint density at radius 3 is 2.55 bits per heavy atom. The average Bonchev–Trinajstić information content (AvgIpc) is 3.58. The summed E-state index contributed by atoms with van der Waals surface area (Å²) >= 11 is 0. The highest BCUT2D eigenvalue weighted by Crippen LogP contribution is 2.43. The number of para-hydroxylation sites is 1. The van der Waals surface area contributed by atoms with Crippen LogP contribution in [0.3, 0.4) is 0 Å². The first kappa shape index (κ1) is 27.9. The molecule has 0 radical (unpaired) electrons. The van der Waals surface area contributed by atoms with Gasteiger partial charge in [-0.25, -0.2) is 17.2 Å². The van der Waals surface area contributed by atoms with Crippen LogP contribution in [0.4, 0.5) is 20.5 Å². The SMILES string of the molecule is CCC(=O)c1c(-c2ccc(F)cc2)oc2cc(N(C)S(C)(=O)=O)c([C@H]3CCCN(c4nc5c(F)cccc5o4)C3)cc12. The van der Waals surface area contributed by atoms with Gasteiger partial charge in [-0.2, -0.15) is 4.98 Å². The van der Waals surface area contributed by atoms with Crippen LogP contribution in [0.5, 0.6) is 0 Å². The number of nitrogens with zero attached hydrogens (tertiary/aromatic N) is 3. The molecule has 0 aliphatic carbocycles. The van der Waals surface area contributed by atoms with E-state index in [0.717, 1.165) is 24.7 Å². The molecule has 2 aromatic heterocycles. The van der Waals surface area contributed by atoms with Crippen LogP contribution >= 0.6 is 0 Å². The molecule has 0 saturated carbocycles. The Hall–Kier alpha value is -4.25. The van der Waals surface area contributed by atoms with E-state index in [0.29, 0.717) is 58.2 Å². The second-order valence-electron chi connectivity index (χ2n) is 10.6. The maximum atomic E-state index is 14.3. The Bertz CT molecular complexity index is 1930. The van der Waals surface area contributed by atoms with Crippen molar-refractivity contribution in [2.45, 2.75) is 32.1 Å². The lowest BCUT2D eigenvalue weighted by Gasteiger charge is -2.34. The Morgan fingerprint density at radius 1 is 1.10 bits per heavy atom. The predicted octanol–water partition coefficient (Wildman–Crippen LogP) is 6.89. The zero-order valence-corrected chi connectivity index (χ0v) is 24.2. The largest absolute Gasteiger partial charge is 0.455 e. The number of rotatable bonds is 7. The van der Waals surface area contributed by atoms with E-state index in [4.69, 9.17) is 8.83 Å². The summed E-state index contributed by atoms with van der Waals surface area (Å²) in [6.45, 7) is 2.82. The fraction of sp³-hybridized carbons (Fsp3) is 0.290. The minimum absolute atomic E-state index is 0.151. The van der Waals surface area contributed by atoms with E-state index in [1.54, 1.807) is 37.3 Å². The number of furan rings is 1. The number of carbonyl (C=O) groups excluding carboxylic acids is 1. The fourth-order valence-corrected chi connectivity index (χ4v) is 6.14. The zero-order chi connectivity index (χ0) is 29.8. The number of aromatic nitrogens is 1. The van der Waals surface area contributed by atoms with E-state index >= 15 is 0 Å². The molecule has 3 aromatic carbocycles. The lowest BCUT2D eigenvalue weighted by atomic mass is 9.88. The van der Waals surface area contributed by atoms with Gasteiger partial charge in [0.25, 0.3) is 6.01 Å². The molecular formula is C31H29F2N3O5S. The lowest BCUT2D eigenvalue weighted by molar-refractivity contribution is 0.0989. The Kier molecular flexibility index (Phi) is 7.00. The van der Waals surface area contributed by atoms with Gasteiger partial charge in [-0.05, 0) is 60.9 Å². The third kappa shape index (κ3) is 4.91. The average molecular weight is 594 g/mol. The Morgan fingerprint density at radius 2 is 1.86 bits per heavy atom. The van der Waals surface area contributed by atoms with E-state index in [1.807, 2.05) is 11.0 Å². The molecule has 1 saturated heterocycles. The monoisotopic (exact) mass is 593 g/mol. The summed E-state index contributed by atoms with van der Waals surface area (Å²) in [5, 5.41) is 0.558. The first-order valence-electron chi connectivity index (χ1n) is 13.7. The van der Waals surface area contributed by atoms with Crippen molar-refractivity contribution in [2.24, 2.45) is 0 Å². The van der Waals surface area contributed by atoms with Crippen molar-refractivity contribution in [1.29, 1.82) is 0 Å². The quantitative estimate of drug-likeness (QED) is 0.190. The molecule has 218 valence electrons. The van der Waals surface area contributed by atoms with Crippen LogP contribution in [-0.4, -0.2) is 45.6 Å². The fourth-order valence-electron chi connectivity index (χ4n) is 5.63. The van der Waals surface area contributed by atoms with Gasteiger partial charge in [0.05, 0.1) is 17.5 Å². The Balaban J connectivity index is 1.50. The standard InChI is InChI=1S/C31H29F2N3O5S/c1-4-25(37)28-22-15-21(19-7-6-14-36(17-19)31-34-29-23(33)8-5-9-26(29)41-31)24(35(2)42(3,38)39)16-27(22)40-30(28)18-10-12-20(32)13-11-18/h5,8-13,15-16,19H,4,6-7,14,17H2,1-3H3/t19-/m0/s1. The van der Waals surface area contributed by atoms with Crippen LogP contribution in [0.25, 0.3) is 33.4 Å². The Labute approximate surface area is 241 Å². The maximum absolute atomic E-state index is 14.3. The van der Waals surface area contributed by atoms with Gasteiger partial charge in [-0.1, -0.05) is 13.0 Å². The normalized spacial score (nSPS) is 15.9. The third-order valence-corrected chi connectivity index (χ3v) is 9.06. The predicted molar refractivity (Wildman–Crippen MR) is 158 cm³/mol. The summed E-state index contributed by atoms with van der Waals surface area (Å²) in [4.78, 5) is 19.6. The first-order valence-corrected chi connectivity index (χ1v) is 15.5. The molecule has 0 N–H and O–H groups in total. The van der Waals surface area contributed by atoms with Crippen LogP contribution in [0.15, 0.2) is 63.4 Å². The summed E-state index contributed by atoms with van der Waals surface area (Å²) in [6, 6.07) is 14.0. The molecule has 0 amide bonds. The van der Waals surface area contributed by atoms with Crippen molar-refractivity contribution in [3.05, 3.63) is 77.4 Å². The van der Waals surface area contributed by atoms with Gasteiger partial charge in [-0.15, -0.1) is 0 Å². The van der Waals surface area contributed by atoms with E-state index in [1.165, 1.54) is 29.6 Å². The van der Waals surface area contributed by atoms with E-state index in [-0.39, 0.29) is 23.6 Å². The van der Waals surface area contributed by atoms with Crippen molar-refractivity contribution in [3.63, 3.8) is 0 Å². The minimum atomic E-state index is -3.66. The highest BCUT2D eigenvalue weighted by molar-refractivity contribution is 7.92. The molecule has 1 aliphatic heterocycles. The number of sulfonamides is 1. The van der Waals surface area contributed by atoms with E-state index < -0.39 is 21.7 Å². The first-order chi connectivity index (χ1) is 20.0. The van der Waals surface area contributed by atoms with Crippen LogP contribution in [0.2, 0.25) is 0 Å². The van der Waals surface area contributed by atoms with Crippen molar-refractivity contribution < 1.29 is 30.8 Å². The molecule has 0 bridgehead atoms. The number of fused-ring (bicyclic) bond motifs is 2. The van der Waals surface area contributed by atoms with Crippen molar-refractivity contribution in [1.82, 2.24) is 4.98 Å².